The highest BCUT2D eigenvalue weighted by Crippen LogP contribution is 2.26. The molecule has 0 aliphatic carbocycles. The lowest BCUT2D eigenvalue weighted by atomic mass is 10.2. The fourth-order valence-corrected chi connectivity index (χ4v) is 2.32. The summed E-state index contributed by atoms with van der Waals surface area (Å²) in [7, 11) is 1.67. The molecule has 0 saturated carbocycles. The van der Waals surface area contributed by atoms with Crippen molar-refractivity contribution < 1.29 is 4.74 Å². The molecule has 0 bridgehead atoms. The first-order valence-corrected chi connectivity index (χ1v) is 7.09. The van der Waals surface area contributed by atoms with Crippen molar-refractivity contribution in [1.29, 1.82) is 0 Å². The first-order chi connectivity index (χ1) is 8.69. The van der Waals surface area contributed by atoms with Crippen LogP contribution in [0.25, 0.3) is 0 Å². The van der Waals surface area contributed by atoms with Crippen molar-refractivity contribution in [2.45, 2.75) is 6.54 Å². The molecule has 0 fully saturated rings. The molecule has 2 aromatic carbocycles. The molecular weight excluding hydrogens is 358 g/mol. The molecule has 0 spiro atoms. The molecule has 0 saturated heterocycles. The summed E-state index contributed by atoms with van der Waals surface area (Å²) in [5, 5.41) is 3.39. The largest absolute Gasteiger partial charge is 0.497 e. The number of ether oxygens (including phenoxy) is 1. The minimum absolute atomic E-state index is 0.777. The van der Waals surface area contributed by atoms with Crippen molar-refractivity contribution in [2.75, 3.05) is 12.4 Å². The van der Waals surface area contributed by atoms with Crippen LogP contribution in [0.5, 0.6) is 5.75 Å². The molecule has 0 radical (unpaired) electrons. The number of benzene rings is 2. The predicted octanol–water partition coefficient (Wildman–Crippen LogP) is 4.83. The van der Waals surface area contributed by atoms with E-state index in [2.05, 4.69) is 49.3 Å². The number of rotatable bonds is 4. The lowest BCUT2D eigenvalue weighted by Crippen LogP contribution is -2.00. The summed E-state index contributed by atoms with van der Waals surface area (Å²) < 4.78 is 7.25. The van der Waals surface area contributed by atoms with E-state index in [0.29, 0.717) is 0 Å². The quantitative estimate of drug-likeness (QED) is 0.831. The molecule has 1 N–H and O–H groups in total. The van der Waals surface area contributed by atoms with Gasteiger partial charge >= 0.3 is 0 Å². The van der Waals surface area contributed by atoms with Crippen LogP contribution in [-0.2, 0) is 6.54 Å². The smallest absolute Gasteiger partial charge is 0.118 e. The Balaban J connectivity index is 2.04. The molecule has 94 valence electrons. The number of halogens is 2. The molecule has 0 heterocycles. The van der Waals surface area contributed by atoms with Crippen LogP contribution in [0, 0.1) is 0 Å². The van der Waals surface area contributed by atoms with Gasteiger partial charge in [-0.2, -0.15) is 0 Å². The average molecular weight is 371 g/mol. The summed E-state index contributed by atoms with van der Waals surface area (Å²) in [4.78, 5) is 0. The van der Waals surface area contributed by atoms with Gasteiger partial charge < -0.3 is 10.1 Å². The highest BCUT2D eigenvalue weighted by Gasteiger charge is 2.00. The Morgan fingerprint density at radius 2 is 1.78 bits per heavy atom. The zero-order valence-electron chi connectivity index (χ0n) is 9.91. The molecule has 0 aliphatic rings. The van der Waals surface area contributed by atoms with Gasteiger partial charge in [0.2, 0.25) is 0 Å². The molecule has 0 aromatic heterocycles. The maximum absolute atomic E-state index is 5.13. The number of methoxy groups -OCH3 is 1. The summed E-state index contributed by atoms with van der Waals surface area (Å²) in [6.45, 7) is 0.777. The van der Waals surface area contributed by atoms with Gasteiger partial charge in [-0.05, 0) is 51.8 Å². The minimum atomic E-state index is 0.777. The molecule has 18 heavy (non-hydrogen) atoms. The number of nitrogens with one attached hydrogen (secondary N) is 1. The molecule has 0 amide bonds. The third-order valence-corrected chi connectivity index (χ3v) is 3.76. The summed E-state index contributed by atoms with van der Waals surface area (Å²) in [6, 6.07) is 14.1. The van der Waals surface area contributed by atoms with Gasteiger partial charge in [0.1, 0.15) is 5.75 Å². The van der Waals surface area contributed by atoms with Gasteiger partial charge in [0.05, 0.1) is 7.11 Å². The Bertz CT molecular complexity index is 526. The number of hydrogen-bond donors (Lipinski definition) is 1. The molecule has 4 heteroatoms. The fraction of sp³-hybridized carbons (Fsp3) is 0.143. The molecule has 2 aromatic rings. The van der Waals surface area contributed by atoms with Crippen molar-refractivity contribution in [3.8, 4) is 5.75 Å². The van der Waals surface area contributed by atoms with Crippen LogP contribution in [0.2, 0.25) is 0 Å². The van der Waals surface area contributed by atoms with E-state index in [-0.39, 0.29) is 0 Å². The number of hydrogen-bond acceptors (Lipinski definition) is 2. The second-order valence-corrected chi connectivity index (χ2v) is 5.60. The van der Waals surface area contributed by atoms with Gasteiger partial charge in [0.15, 0.2) is 0 Å². The maximum atomic E-state index is 5.13. The van der Waals surface area contributed by atoms with Crippen LogP contribution in [0.15, 0.2) is 51.4 Å². The fourth-order valence-electron chi connectivity index (χ4n) is 1.57. The Hall–Kier alpha value is -1.00. The third kappa shape index (κ3) is 3.50. The first kappa shape index (κ1) is 13.4. The molecule has 0 atom stereocenters. The lowest BCUT2D eigenvalue weighted by molar-refractivity contribution is 0.414. The van der Waals surface area contributed by atoms with Crippen LogP contribution >= 0.6 is 31.9 Å². The number of anilines is 1. The molecular formula is C14H13Br2NO. The van der Waals surface area contributed by atoms with E-state index in [1.807, 2.05) is 30.3 Å². The van der Waals surface area contributed by atoms with Crippen LogP contribution in [0.1, 0.15) is 5.56 Å². The first-order valence-electron chi connectivity index (χ1n) is 5.51. The van der Waals surface area contributed by atoms with Gasteiger partial charge in [-0.15, -0.1) is 0 Å². The van der Waals surface area contributed by atoms with Crippen molar-refractivity contribution in [2.24, 2.45) is 0 Å². The highest BCUT2D eigenvalue weighted by atomic mass is 79.9. The molecule has 2 rings (SSSR count). The minimum Gasteiger partial charge on any atom is -0.497 e. The summed E-state index contributed by atoms with van der Waals surface area (Å²) in [5.41, 5.74) is 2.28. The zero-order valence-corrected chi connectivity index (χ0v) is 13.1. The Kier molecular flexibility index (Phi) is 4.66. The summed E-state index contributed by atoms with van der Waals surface area (Å²) >= 11 is 6.99. The molecule has 2 nitrogen and oxygen atoms in total. The normalized spacial score (nSPS) is 10.2. The van der Waals surface area contributed by atoms with Gasteiger partial charge in [-0.25, -0.2) is 0 Å². The van der Waals surface area contributed by atoms with Crippen molar-refractivity contribution in [1.82, 2.24) is 0 Å². The average Bonchev–Trinajstić information content (AvgIpc) is 2.40. The SMILES string of the molecule is COc1ccc(CNc2cc(Br)ccc2Br)cc1. The van der Waals surface area contributed by atoms with E-state index in [4.69, 9.17) is 4.74 Å². The highest BCUT2D eigenvalue weighted by molar-refractivity contribution is 9.11. The summed E-state index contributed by atoms with van der Waals surface area (Å²) in [6.07, 6.45) is 0. The zero-order chi connectivity index (χ0) is 13.0. The van der Waals surface area contributed by atoms with Gasteiger partial charge in [-0.1, -0.05) is 28.1 Å². The van der Waals surface area contributed by atoms with Gasteiger partial charge in [-0.3, -0.25) is 0 Å². The Morgan fingerprint density at radius 3 is 2.44 bits per heavy atom. The second-order valence-electron chi connectivity index (χ2n) is 3.83. The third-order valence-electron chi connectivity index (χ3n) is 2.57. The van der Waals surface area contributed by atoms with Crippen molar-refractivity contribution in [3.05, 3.63) is 57.0 Å². The Morgan fingerprint density at radius 1 is 1.06 bits per heavy atom. The topological polar surface area (TPSA) is 21.3 Å². The van der Waals surface area contributed by atoms with Crippen LogP contribution < -0.4 is 10.1 Å². The van der Waals surface area contributed by atoms with Crippen molar-refractivity contribution in [3.63, 3.8) is 0 Å². The monoisotopic (exact) mass is 369 g/mol. The maximum Gasteiger partial charge on any atom is 0.118 e. The molecule has 0 unspecified atom stereocenters. The van der Waals surface area contributed by atoms with Crippen LogP contribution in [0.4, 0.5) is 5.69 Å². The van der Waals surface area contributed by atoms with E-state index in [9.17, 15) is 0 Å². The lowest BCUT2D eigenvalue weighted by Gasteiger charge is -2.09. The molecule has 0 aliphatic heterocycles. The second kappa shape index (κ2) is 6.25. The van der Waals surface area contributed by atoms with Gasteiger partial charge in [0, 0.05) is 21.2 Å². The van der Waals surface area contributed by atoms with E-state index in [0.717, 1.165) is 26.9 Å². The van der Waals surface area contributed by atoms with E-state index < -0.39 is 0 Å². The summed E-state index contributed by atoms with van der Waals surface area (Å²) in [5.74, 6) is 0.877. The van der Waals surface area contributed by atoms with E-state index in [1.165, 1.54) is 5.56 Å². The standard InChI is InChI=1S/C14H13Br2NO/c1-18-12-5-2-10(3-6-12)9-17-14-8-11(15)4-7-13(14)16/h2-8,17H,9H2,1H3. The van der Waals surface area contributed by atoms with Crippen LogP contribution in [0.3, 0.4) is 0 Å². The van der Waals surface area contributed by atoms with E-state index in [1.54, 1.807) is 7.11 Å². The predicted molar refractivity (Wildman–Crippen MR) is 82.2 cm³/mol. The Labute approximate surface area is 124 Å². The van der Waals surface area contributed by atoms with E-state index >= 15 is 0 Å². The van der Waals surface area contributed by atoms with Crippen LogP contribution in [-0.4, -0.2) is 7.11 Å². The van der Waals surface area contributed by atoms with Gasteiger partial charge in [0.25, 0.3) is 0 Å². The van der Waals surface area contributed by atoms with Crippen molar-refractivity contribution >= 4 is 37.5 Å².